The smallest absolute Gasteiger partial charge is 0.274 e. The summed E-state index contributed by atoms with van der Waals surface area (Å²) in [5.74, 6) is -0.424. The standard InChI is InChI=1S/C18H21N3O2/c1-4-21(5-2)18(23)14-9-10-19-16(12-14)17(22)20-15-8-6-7-13(3)11-15/h6-12H,4-5H2,1-3H3,(H,20,22). The monoisotopic (exact) mass is 311 g/mol. The van der Waals surface area contributed by atoms with E-state index < -0.39 is 0 Å². The maximum absolute atomic E-state index is 12.4. The fraction of sp³-hybridized carbons (Fsp3) is 0.278. The van der Waals surface area contributed by atoms with Crippen molar-refractivity contribution in [3.05, 3.63) is 59.4 Å². The molecular formula is C18H21N3O2. The van der Waals surface area contributed by atoms with E-state index >= 15 is 0 Å². The predicted molar refractivity (Wildman–Crippen MR) is 90.6 cm³/mol. The van der Waals surface area contributed by atoms with Gasteiger partial charge in [-0.15, -0.1) is 0 Å². The molecule has 0 aliphatic rings. The van der Waals surface area contributed by atoms with Gasteiger partial charge in [-0.1, -0.05) is 12.1 Å². The molecule has 23 heavy (non-hydrogen) atoms. The number of aromatic nitrogens is 1. The topological polar surface area (TPSA) is 62.3 Å². The molecule has 0 spiro atoms. The van der Waals surface area contributed by atoms with Gasteiger partial charge in [-0.3, -0.25) is 14.6 Å². The lowest BCUT2D eigenvalue weighted by atomic mass is 10.2. The first-order valence-electron chi connectivity index (χ1n) is 7.68. The molecule has 2 amide bonds. The Hall–Kier alpha value is -2.69. The van der Waals surface area contributed by atoms with Crippen LogP contribution < -0.4 is 5.32 Å². The van der Waals surface area contributed by atoms with Gasteiger partial charge in [0, 0.05) is 30.5 Å². The number of aryl methyl sites for hydroxylation is 1. The molecule has 0 atom stereocenters. The van der Waals surface area contributed by atoms with Gasteiger partial charge in [0.25, 0.3) is 11.8 Å². The highest BCUT2D eigenvalue weighted by Crippen LogP contribution is 2.12. The van der Waals surface area contributed by atoms with Crippen LogP contribution in [0.25, 0.3) is 0 Å². The van der Waals surface area contributed by atoms with Crippen LogP contribution in [0.1, 0.15) is 40.3 Å². The van der Waals surface area contributed by atoms with Gasteiger partial charge in [-0.2, -0.15) is 0 Å². The number of hydrogen-bond acceptors (Lipinski definition) is 3. The van der Waals surface area contributed by atoms with Crippen LogP contribution >= 0.6 is 0 Å². The number of pyridine rings is 1. The maximum Gasteiger partial charge on any atom is 0.274 e. The van der Waals surface area contributed by atoms with E-state index in [2.05, 4.69) is 10.3 Å². The highest BCUT2D eigenvalue weighted by Gasteiger charge is 2.15. The van der Waals surface area contributed by atoms with Crippen LogP contribution in [0.3, 0.4) is 0 Å². The Morgan fingerprint density at radius 1 is 1.13 bits per heavy atom. The summed E-state index contributed by atoms with van der Waals surface area (Å²) in [7, 11) is 0. The minimum atomic E-state index is -0.329. The number of rotatable bonds is 5. The summed E-state index contributed by atoms with van der Waals surface area (Å²) in [5.41, 5.74) is 2.46. The first-order valence-corrected chi connectivity index (χ1v) is 7.68. The number of benzene rings is 1. The van der Waals surface area contributed by atoms with E-state index in [1.807, 2.05) is 45.0 Å². The molecule has 0 saturated carbocycles. The van der Waals surface area contributed by atoms with Gasteiger partial charge in [-0.05, 0) is 50.6 Å². The predicted octanol–water partition coefficient (Wildman–Crippen LogP) is 3.12. The van der Waals surface area contributed by atoms with Crippen LogP contribution in [0.5, 0.6) is 0 Å². The van der Waals surface area contributed by atoms with Gasteiger partial charge in [0.2, 0.25) is 0 Å². The number of carbonyl (C=O) groups excluding carboxylic acids is 2. The van der Waals surface area contributed by atoms with Crippen molar-refractivity contribution in [2.75, 3.05) is 18.4 Å². The average molecular weight is 311 g/mol. The Morgan fingerprint density at radius 3 is 2.52 bits per heavy atom. The second-order valence-electron chi connectivity index (χ2n) is 5.23. The molecule has 0 aliphatic heterocycles. The summed E-state index contributed by atoms with van der Waals surface area (Å²) in [4.78, 5) is 30.4. The van der Waals surface area contributed by atoms with Crippen molar-refractivity contribution in [1.82, 2.24) is 9.88 Å². The minimum Gasteiger partial charge on any atom is -0.339 e. The fourth-order valence-corrected chi connectivity index (χ4v) is 2.30. The van der Waals surface area contributed by atoms with E-state index in [0.717, 1.165) is 5.56 Å². The van der Waals surface area contributed by atoms with E-state index in [4.69, 9.17) is 0 Å². The van der Waals surface area contributed by atoms with Crippen LogP contribution in [0.4, 0.5) is 5.69 Å². The zero-order valence-electron chi connectivity index (χ0n) is 13.7. The molecule has 1 heterocycles. The Kier molecular flexibility index (Phi) is 5.46. The minimum absolute atomic E-state index is 0.0954. The van der Waals surface area contributed by atoms with Crippen molar-refractivity contribution in [2.24, 2.45) is 0 Å². The van der Waals surface area contributed by atoms with Crippen LogP contribution in [-0.4, -0.2) is 34.8 Å². The van der Waals surface area contributed by atoms with Gasteiger partial charge in [-0.25, -0.2) is 0 Å². The van der Waals surface area contributed by atoms with Crippen molar-refractivity contribution in [3.8, 4) is 0 Å². The first kappa shape index (κ1) is 16.7. The molecule has 0 aliphatic carbocycles. The largest absolute Gasteiger partial charge is 0.339 e. The van der Waals surface area contributed by atoms with Gasteiger partial charge >= 0.3 is 0 Å². The first-order chi connectivity index (χ1) is 11.0. The Bertz CT molecular complexity index is 709. The molecule has 1 aromatic heterocycles. The molecular weight excluding hydrogens is 290 g/mol. The average Bonchev–Trinajstić information content (AvgIpc) is 2.56. The van der Waals surface area contributed by atoms with Crippen LogP contribution in [0.2, 0.25) is 0 Å². The molecule has 120 valence electrons. The number of nitrogens with one attached hydrogen (secondary N) is 1. The molecule has 2 aromatic rings. The summed E-state index contributed by atoms with van der Waals surface area (Å²) in [6.07, 6.45) is 1.49. The third-order valence-corrected chi connectivity index (χ3v) is 3.57. The summed E-state index contributed by atoms with van der Waals surface area (Å²) >= 11 is 0. The molecule has 0 fully saturated rings. The van der Waals surface area contributed by atoms with Gasteiger partial charge in [0.05, 0.1) is 0 Å². The molecule has 1 N–H and O–H groups in total. The Morgan fingerprint density at radius 2 is 1.87 bits per heavy atom. The number of amides is 2. The Labute approximate surface area is 136 Å². The molecule has 0 unspecified atom stereocenters. The van der Waals surface area contributed by atoms with E-state index in [-0.39, 0.29) is 17.5 Å². The fourth-order valence-electron chi connectivity index (χ4n) is 2.30. The zero-order chi connectivity index (χ0) is 16.8. The molecule has 0 saturated heterocycles. The van der Waals surface area contributed by atoms with Crippen LogP contribution in [-0.2, 0) is 0 Å². The lowest BCUT2D eigenvalue weighted by Gasteiger charge is -2.18. The van der Waals surface area contributed by atoms with E-state index in [1.54, 1.807) is 11.0 Å². The number of nitrogens with zero attached hydrogens (tertiary/aromatic N) is 2. The SMILES string of the molecule is CCN(CC)C(=O)c1ccnc(C(=O)Nc2cccc(C)c2)c1. The third-order valence-electron chi connectivity index (χ3n) is 3.57. The van der Waals surface area contributed by atoms with Crippen LogP contribution in [0, 0.1) is 6.92 Å². The molecule has 0 radical (unpaired) electrons. The second-order valence-corrected chi connectivity index (χ2v) is 5.23. The van der Waals surface area contributed by atoms with Crippen LogP contribution in [0.15, 0.2) is 42.6 Å². The third kappa shape index (κ3) is 4.16. The lowest BCUT2D eigenvalue weighted by Crippen LogP contribution is -2.30. The highest BCUT2D eigenvalue weighted by molar-refractivity contribution is 6.04. The highest BCUT2D eigenvalue weighted by atomic mass is 16.2. The van der Waals surface area contributed by atoms with Crippen molar-refractivity contribution in [2.45, 2.75) is 20.8 Å². The van der Waals surface area contributed by atoms with E-state index in [0.29, 0.717) is 24.3 Å². The maximum atomic E-state index is 12.4. The molecule has 1 aromatic carbocycles. The number of hydrogen-bond donors (Lipinski definition) is 1. The molecule has 5 heteroatoms. The molecule has 2 rings (SSSR count). The van der Waals surface area contributed by atoms with E-state index in [1.165, 1.54) is 12.3 Å². The number of anilines is 1. The number of carbonyl (C=O) groups is 2. The van der Waals surface area contributed by atoms with Gasteiger partial charge in [0.15, 0.2) is 0 Å². The zero-order valence-corrected chi connectivity index (χ0v) is 13.7. The normalized spacial score (nSPS) is 10.2. The van der Waals surface area contributed by atoms with Crippen molar-refractivity contribution < 1.29 is 9.59 Å². The lowest BCUT2D eigenvalue weighted by molar-refractivity contribution is 0.0773. The van der Waals surface area contributed by atoms with Crippen molar-refractivity contribution in [3.63, 3.8) is 0 Å². The summed E-state index contributed by atoms with van der Waals surface area (Å²) < 4.78 is 0. The van der Waals surface area contributed by atoms with E-state index in [9.17, 15) is 9.59 Å². The molecule has 0 bridgehead atoms. The van der Waals surface area contributed by atoms with Gasteiger partial charge < -0.3 is 10.2 Å². The summed E-state index contributed by atoms with van der Waals surface area (Å²) in [5, 5.41) is 2.80. The van der Waals surface area contributed by atoms with Crippen molar-refractivity contribution >= 4 is 17.5 Å². The second kappa shape index (κ2) is 7.54. The summed E-state index contributed by atoms with van der Waals surface area (Å²) in [6.45, 7) is 7.06. The van der Waals surface area contributed by atoms with Gasteiger partial charge in [0.1, 0.15) is 5.69 Å². The Balaban J connectivity index is 2.19. The summed E-state index contributed by atoms with van der Waals surface area (Å²) in [6, 6.07) is 10.7. The quantitative estimate of drug-likeness (QED) is 0.923. The van der Waals surface area contributed by atoms with Crippen molar-refractivity contribution in [1.29, 1.82) is 0 Å². The molecule has 5 nitrogen and oxygen atoms in total.